The Hall–Kier alpha value is -2.71. The van der Waals surface area contributed by atoms with Crippen molar-refractivity contribution in [2.45, 2.75) is 41.6 Å². The minimum absolute atomic E-state index is 0.0169. The maximum atomic E-state index is 13.0. The lowest BCUT2D eigenvalue weighted by atomic mass is 9.74. The molecule has 1 atom stereocenters. The van der Waals surface area contributed by atoms with Crippen molar-refractivity contribution in [3.05, 3.63) is 94.5 Å². The number of hydrogen-bond acceptors (Lipinski definition) is 5. The lowest BCUT2D eigenvalue weighted by Gasteiger charge is -2.40. The van der Waals surface area contributed by atoms with E-state index in [1.165, 1.54) is 40.7 Å². The molecule has 0 saturated carbocycles. The summed E-state index contributed by atoms with van der Waals surface area (Å²) in [6.45, 7) is 2.72. The van der Waals surface area contributed by atoms with Gasteiger partial charge >= 0.3 is 0 Å². The number of fused-ring (bicyclic) bond motifs is 8. The predicted octanol–water partition coefficient (Wildman–Crippen LogP) is 4.53. The number of likely N-dealkylation sites (tertiary alicyclic amines) is 1. The number of hydrogen-bond donors (Lipinski definition) is 1. The van der Waals surface area contributed by atoms with Gasteiger partial charge in [-0.2, -0.15) is 0 Å². The molecule has 3 aromatic rings. The molecule has 2 aliphatic carbocycles. The molecule has 1 fully saturated rings. The Morgan fingerprint density at radius 1 is 1.00 bits per heavy atom. The third kappa shape index (κ3) is 3.90. The van der Waals surface area contributed by atoms with E-state index in [0.29, 0.717) is 17.2 Å². The molecule has 38 heavy (non-hydrogen) atoms. The van der Waals surface area contributed by atoms with E-state index in [2.05, 4.69) is 53.4 Å². The molecule has 200 valence electrons. The molecule has 6 rings (SSSR count). The fourth-order valence-corrected chi connectivity index (χ4v) is 8.30. The van der Waals surface area contributed by atoms with Crippen molar-refractivity contribution in [3.8, 4) is 5.75 Å². The van der Waals surface area contributed by atoms with Crippen LogP contribution in [-0.4, -0.2) is 63.6 Å². The van der Waals surface area contributed by atoms with Gasteiger partial charge in [0.25, 0.3) is 0 Å². The van der Waals surface area contributed by atoms with E-state index < -0.39 is 16.1 Å². The zero-order valence-corrected chi connectivity index (χ0v) is 23.1. The van der Waals surface area contributed by atoms with Gasteiger partial charge in [-0.15, -0.1) is 0 Å². The van der Waals surface area contributed by atoms with Gasteiger partial charge in [0, 0.05) is 37.5 Å². The Kier molecular flexibility index (Phi) is 6.38. The average Bonchev–Trinajstić information content (AvgIpc) is 3.45. The normalized spacial score (nSPS) is 23.9. The van der Waals surface area contributed by atoms with E-state index in [1.807, 2.05) is 0 Å². The number of ether oxygens (including phenoxy) is 1. The van der Waals surface area contributed by atoms with Crippen LogP contribution in [0.3, 0.4) is 0 Å². The van der Waals surface area contributed by atoms with Crippen LogP contribution in [0.2, 0.25) is 0 Å². The molecule has 0 spiro atoms. The largest absolute Gasteiger partial charge is 0.497 e. The molecule has 1 saturated heterocycles. The second-order valence-electron chi connectivity index (χ2n) is 11.3. The van der Waals surface area contributed by atoms with E-state index >= 15 is 0 Å². The summed E-state index contributed by atoms with van der Waals surface area (Å²) in [6.07, 6.45) is 1.87. The van der Waals surface area contributed by atoms with Crippen molar-refractivity contribution >= 4 is 10.0 Å². The highest BCUT2D eigenvalue weighted by molar-refractivity contribution is 7.89. The van der Waals surface area contributed by atoms with Crippen LogP contribution in [0.15, 0.2) is 71.6 Å². The van der Waals surface area contributed by atoms with Gasteiger partial charge < -0.3 is 14.7 Å². The molecule has 1 heterocycles. The van der Waals surface area contributed by atoms with Crippen molar-refractivity contribution in [1.29, 1.82) is 0 Å². The van der Waals surface area contributed by atoms with E-state index in [-0.39, 0.29) is 16.2 Å². The van der Waals surface area contributed by atoms with E-state index in [4.69, 9.17) is 4.74 Å². The van der Waals surface area contributed by atoms with Gasteiger partial charge in [-0.3, -0.25) is 0 Å². The Labute approximate surface area is 225 Å². The summed E-state index contributed by atoms with van der Waals surface area (Å²) in [7, 11) is 0.882. The van der Waals surface area contributed by atoms with Gasteiger partial charge in [0.2, 0.25) is 10.0 Å². The minimum Gasteiger partial charge on any atom is -0.497 e. The smallest absolute Gasteiger partial charge is 0.242 e. The Morgan fingerprint density at radius 3 is 2.18 bits per heavy atom. The van der Waals surface area contributed by atoms with Crippen molar-refractivity contribution in [2.24, 2.45) is 5.92 Å². The summed E-state index contributed by atoms with van der Waals surface area (Å²) < 4.78 is 32.6. The topological polar surface area (TPSA) is 70.1 Å². The van der Waals surface area contributed by atoms with Gasteiger partial charge in [0.05, 0.1) is 18.1 Å². The third-order valence-corrected chi connectivity index (χ3v) is 11.0. The van der Waals surface area contributed by atoms with Crippen molar-refractivity contribution in [1.82, 2.24) is 9.21 Å². The van der Waals surface area contributed by atoms with Crippen molar-refractivity contribution in [2.75, 3.05) is 40.8 Å². The SMILES string of the molecule is COc1ccc(S(=O)(=O)N(C)C)c(C(O)C2CCN(CC34CC(c5ccccc53)c3ccccc34)CC2)c1. The monoisotopic (exact) mass is 532 g/mol. The number of sulfonamides is 1. The maximum absolute atomic E-state index is 13.0. The van der Waals surface area contributed by atoms with E-state index in [9.17, 15) is 13.5 Å². The fraction of sp³-hybridized carbons (Fsp3) is 0.419. The van der Waals surface area contributed by atoms with Crippen LogP contribution >= 0.6 is 0 Å². The summed E-state index contributed by atoms with van der Waals surface area (Å²) in [5.41, 5.74) is 6.34. The molecule has 3 aliphatic rings. The second kappa shape index (κ2) is 9.49. The highest BCUT2D eigenvalue weighted by Gasteiger charge is 2.53. The van der Waals surface area contributed by atoms with Crippen molar-refractivity contribution < 1.29 is 18.3 Å². The highest BCUT2D eigenvalue weighted by atomic mass is 32.2. The molecule has 1 unspecified atom stereocenters. The maximum Gasteiger partial charge on any atom is 0.242 e. The standard InChI is InChI=1S/C31H36N2O4S/c1-32(2)38(35,36)29-13-12-22(37-3)18-25(29)30(34)21-14-16-33(17-15-21)20-31-19-26(23-8-4-6-10-27(23)31)24-9-5-7-11-28(24)31/h4-13,18,21,26,30,34H,14-17,19-20H2,1-3H3. The van der Waals surface area contributed by atoms with Crippen LogP contribution in [-0.2, 0) is 15.4 Å². The molecule has 1 aliphatic heterocycles. The van der Waals surface area contributed by atoms with Crippen LogP contribution < -0.4 is 4.74 Å². The molecule has 2 bridgehead atoms. The quantitative estimate of drug-likeness (QED) is 0.484. The Bertz CT molecular complexity index is 1410. The lowest BCUT2D eigenvalue weighted by Crippen LogP contribution is -2.44. The molecule has 6 nitrogen and oxygen atoms in total. The summed E-state index contributed by atoms with van der Waals surface area (Å²) in [6, 6.07) is 22.7. The minimum atomic E-state index is -3.70. The number of benzene rings is 3. The van der Waals surface area contributed by atoms with Crippen LogP contribution in [0.1, 0.15) is 59.1 Å². The first-order valence-electron chi connectivity index (χ1n) is 13.5. The molecule has 3 aromatic carbocycles. The van der Waals surface area contributed by atoms with Gasteiger partial charge in [-0.25, -0.2) is 12.7 Å². The zero-order valence-electron chi connectivity index (χ0n) is 22.3. The van der Waals surface area contributed by atoms with E-state index in [1.54, 1.807) is 25.3 Å². The van der Waals surface area contributed by atoms with Gasteiger partial charge in [-0.05, 0) is 78.7 Å². The summed E-state index contributed by atoms with van der Waals surface area (Å²) in [5.74, 6) is 1.00. The van der Waals surface area contributed by atoms with Crippen LogP contribution in [0.25, 0.3) is 0 Å². The fourth-order valence-electron chi connectivity index (χ4n) is 7.19. The third-order valence-electron chi connectivity index (χ3n) is 9.12. The molecular formula is C31H36N2O4S. The zero-order chi connectivity index (χ0) is 26.7. The lowest BCUT2D eigenvalue weighted by molar-refractivity contribution is 0.0521. The first-order chi connectivity index (χ1) is 18.3. The second-order valence-corrected chi connectivity index (χ2v) is 13.4. The molecule has 0 amide bonds. The number of rotatable bonds is 7. The Balaban J connectivity index is 1.23. The number of methoxy groups -OCH3 is 1. The Morgan fingerprint density at radius 2 is 1.61 bits per heavy atom. The number of nitrogens with zero attached hydrogens (tertiary/aromatic N) is 2. The first-order valence-corrected chi connectivity index (χ1v) is 14.9. The van der Waals surface area contributed by atoms with E-state index in [0.717, 1.165) is 38.9 Å². The van der Waals surface area contributed by atoms with Gasteiger partial charge in [-0.1, -0.05) is 48.5 Å². The number of aliphatic hydroxyl groups is 1. The molecule has 0 radical (unpaired) electrons. The van der Waals surface area contributed by atoms with Crippen molar-refractivity contribution in [3.63, 3.8) is 0 Å². The average molecular weight is 533 g/mol. The van der Waals surface area contributed by atoms with Crippen LogP contribution in [0, 0.1) is 5.92 Å². The first kappa shape index (κ1) is 25.6. The number of aliphatic hydroxyl groups excluding tert-OH is 1. The van der Waals surface area contributed by atoms with Gasteiger partial charge in [0.1, 0.15) is 5.75 Å². The van der Waals surface area contributed by atoms with Crippen LogP contribution in [0.4, 0.5) is 0 Å². The summed E-state index contributed by atoms with van der Waals surface area (Å²) in [4.78, 5) is 2.70. The summed E-state index contributed by atoms with van der Waals surface area (Å²) >= 11 is 0. The number of piperidine rings is 1. The summed E-state index contributed by atoms with van der Waals surface area (Å²) in [5, 5.41) is 11.5. The molecule has 1 N–H and O–H groups in total. The molecular weight excluding hydrogens is 496 g/mol. The predicted molar refractivity (Wildman–Crippen MR) is 148 cm³/mol. The molecule has 0 aromatic heterocycles. The molecule has 7 heteroatoms. The highest BCUT2D eigenvalue weighted by Crippen LogP contribution is 2.60. The van der Waals surface area contributed by atoms with Gasteiger partial charge in [0.15, 0.2) is 0 Å². The van der Waals surface area contributed by atoms with Crippen LogP contribution in [0.5, 0.6) is 5.75 Å².